The van der Waals surface area contributed by atoms with Gasteiger partial charge in [0.15, 0.2) is 0 Å². The molecule has 14 heavy (non-hydrogen) atoms. The Balaban J connectivity index is 1.66. The first-order chi connectivity index (χ1) is 6.68. The summed E-state index contributed by atoms with van der Waals surface area (Å²) in [5, 5.41) is 11.5. The van der Waals surface area contributed by atoms with Crippen molar-refractivity contribution in [2.75, 3.05) is 6.54 Å². The molecule has 0 radical (unpaired) electrons. The minimum absolute atomic E-state index is 0.0655. The number of hydrogen-bond acceptors (Lipinski definition) is 2. The van der Waals surface area contributed by atoms with Gasteiger partial charge < -0.3 is 10.4 Å². The van der Waals surface area contributed by atoms with Gasteiger partial charge in [-0.3, -0.25) is 9.59 Å². The molecule has 2 fully saturated rings. The lowest BCUT2D eigenvalue weighted by molar-refractivity contribution is -0.140. The Hall–Kier alpha value is -1.06. The smallest absolute Gasteiger partial charge is 0.307 e. The lowest BCUT2D eigenvalue weighted by Crippen LogP contribution is -2.33. The Morgan fingerprint density at radius 2 is 2.00 bits per heavy atom. The lowest BCUT2D eigenvalue weighted by atomic mass is 9.85. The summed E-state index contributed by atoms with van der Waals surface area (Å²) in [6.07, 6.45) is 4.19. The first kappa shape index (κ1) is 9.49. The number of aliphatic carboxylic acids is 1. The Morgan fingerprint density at radius 1 is 1.29 bits per heavy atom. The molecule has 2 unspecified atom stereocenters. The van der Waals surface area contributed by atoms with E-state index in [0.29, 0.717) is 12.3 Å². The van der Waals surface area contributed by atoms with Crippen molar-refractivity contribution in [1.29, 1.82) is 0 Å². The van der Waals surface area contributed by atoms with Crippen LogP contribution < -0.4 is 5.32 Å². The van der Waals surface area contributed by atoms with E-state index in [1.807, 2.05) is 0 Å². The summed E-state index contributed by atoms with van der Waals surface area (Å²) in [5.41, 5.74) is 0. The van der Waals surface area contributed by atoms with E-state index in [1.54, 1.807) is 0 Å². The molecule has 2 N–H and O–H groups in total. The number of amides is 1. The van der Waals surface area contributed by atoms with E-state index < -0.39 is 11.9 Å². The number of nitrogens with one attached hydrogen (secondary N) is 1. The summed E-state index contributed by atoms with van der Waals surface area (Å²) in [4.78, 5) is 21.9. The summed E-state index contributed by atoms with van der Waals surface area (Å²) in [5.74, 6) is -0.942. The van der Waals surface area contributed by atoms with Crippen molar-refractivity contribution in [2.24, 2.45) is 17.8 Å². The predicted molar refractivity (Wildman–Crippen MR) is 49.6 cm³/mol. The molecule has 2 aliphatic rings. The molecule has 4 heteroatoms. The number of carboxylic acids is 1. The van der Waals surface area contributed by atoms with Gasteiger partial charge in [-0.25, -0.2) is 0 Å². The van der Waals surface area contributed by atoms with Crippen molar-refractivity contribution in [3.8, 4) is 0 Å². The van der Waals surface area contributed by atoms with Gasteiger partial charge in [-0.2, -0.15) is 0 Å². The Morgan fingerprint density at radius 3 is 2.43 bits per heavy atom. The fourth-order valence-corrected chi connectivity index (χ4v) is 1.83. The van der Waals surface area contributed by atoms with Crippen LogP contribution in [0, 0.1) is 17.8 Å². The lowest BCUT2D eigenvalue weighted by Gasteiger charge is -2.25. The number of carbonyl (C=O) groups is 2. The van der Waals surface area contributed by atoms with Crippen LogP contribution in [0.1, 0.15) is 25.7 Å². The number of hydrogen-bond donors (Lipinski definition) is 2. The van der Waals surface area contributed by atoms with Crippen molar-refractivity contribution >= 4 is 11.9 Å². The van der Waals surface area contributed by atoms with Crippen LogP contribution in [0.3, 0.4) is 0 Å². The first-order valence-corrected chi connectivity index (χ1v) is 5.19. The molecule has 4 nitrogen and oxygen atoms in total. The Bertz CT molecular complexity index is 260. The summed E-state index contributed by atoms with van der Waals surface area (Å²) < 4.78 is 0. The van der Waals surface area contributed by atoms with Gasteiger partial charge in [0, 0.05) is 6.54 Å². The maximum atomic E-state index is 11.4. The zero-order chi connectivity index (χ0) is 10.1. The van der Waals surface area contributed by atoms with Crippen molar-refractivity contribution in [3.63, 3.8) is 0 Å². The van der Waals surface area contributed by atoms with Crippen molar-refractivity contribution in [2.45, 2.75) is 25.7 Å². The SMILES string of the molecule is O=C(O)C1CC1C(=O)NCC1CCC1. The zero-order valence-electron chi connectivity index (χ0n) is 8.03. The second kappa shape index (κ2) is 3.59. The van der Waals surface area contributed by atoms with Crippen LogP contribution in [0.5, 0.6) is 0 Å². The number of carbonyl (C=O) groups excluding carboxylic acids is 1. The summed E-state index contributed by atoms with van der Waals surface area (Å²) in [6, 6.07) is 0. The van der Waals surface area contributed by atoms with E-state index in [9.17, 15) is 9.59 Å². The fourth-order valence-electron chi connectivity index (χ4n) is 1.83. The van der Waals surface area contributed by atoms with E-state index in [0.717, 1.165) is 6.54 Å². The minimum Gasteiger partial charge on any atom is -0.481 e. The largest absolute Gasteiger partial charge is 0.481 e. The van der Waals surface area contributed by atoms with Crippen molar-refractivity contribution in [1.82, 2.24) is 5.32 Å². The second-order valence-corrected chi connectivity index (χ2v) is 4.33. The van der Waals surface area contributed by atoms with Gasteiger partial charge in [0.25, 0.3) is 0 Å². The quantitative estimate of drug-likeness (QED) is 0.694. The van der Waals surface area contributed by atoms with E-state index >= 15 is 0 Å². The van der Waals surface area contributed by atoms with Crippen LogP contribution in [0.2, 0.25) is 0 Å². The van der Waals surface area contributed by atoms with Crippen molar-refractivity contribution < 1.29 is 14.7 Å². The van der Waals surface area contributed by atoms with E-state index in [1.165, 1.54) is 19.3 Å². The molecular formula is C10H15NO3. The van der Waals surface area contributed by atoms with Crippen LogP contribution in [-0.2, 0) is 9.59 Å². The zero-order valence-corrected chi connectivity index (χ0v) is 8.03. The third-order valence-electron chi connectivity index (χ3n) is 3.23. The average Bonchev–Trinajstić information content (AvgIpc) is 2.79. The molecule has 0 heterocycles. The molecule has 0 aromatic rings. The van der Waals surface area contributed by atoms with Crippen LogP contribution in [0.15, 0.2) is 0 Å². The second-order valence-electron chi connectivity index (χ2n) is 4.33. The van der Waals surface area contributed by atoms with E-state index in [4.69, 9.17) is 5.11 Å². The van der Waals surface area contributed by atoms with Gasteiger partial charge in [-0.1, -0.05) is 6.42 Å². The topological polar surface area (TPSA) is 66.4 Å². The summed E-state index contributed by atoms with van der Waals surface area (Å²) in [7, 11) is 0. The third-order valence-corrected chi connectivity index (χ3v) is 3.23. The molecule has 0 aliphatic heterocycles. The van der Waals surface area contributed by atoms with Gasteiger partial charge in [-0.05, 0) is 25.2 Å². The van der Waals surface area contributed by atoms with E-state index in [-0.39, 0.29) is 11.8 Å². The van der Waals surface area contributed by atoms with Gasteiger partial charge in [0.2, 0.25) is 5.91 Å². The van der Waals surface area contributed by atoms with Crippen LogP contribution in [-0.4, -0.2) is 23.5 Å². The van der Waals surface area contributed by atoms with Crippen LogP contribution in [0.25, 0.3) is 0 Å². The van der Waals surface area contributed by atoms with Gasteiger partial charge in [0.1, 0.15) is 0 Å². The van der Waals surface area contributed by atoms with Crippen molar-refractivity contribution in [3.05, 3.63) is 0 Å². The van der Waals surface area contributed by atoms with Gasteiger partial charge >= 0.3 is 5.97 Å². The maximum absolute atomic E-state index is 11.4. The molecule has 0 saturated heterocycles. The molecule has 0 bridgehead atoms. The molecule has 0 spiro atoms. The Kier molecular flexibility index (Phi) is 2.44. The average molecular weight is 197 g/mol. The summed E-state index contributed by atoms with van der Waals surface area (Å²) in [6.45, 7) is 0.738. The fraction of sp³-hybridized carbons (Fsp3) is 0.800. The monoisotopic (exact) mass is 197 g/mol. The molecular weight excluding hydrogens is 182 g/mol. The highest BCUT2D eigenvalue weighted by Gasteiger charge is 2.48. The first-order valence-electron chi connectivity index (χ1n) is 5.19. The molecule has 2 aliphatic carbocycles. The standard InChI is InChI=1S/C10H15NO3/c12-9(7-4-8(7)10(13)14)11-5-6-2-1-3-6/h6-8H,1-5H2,(H,11,12)(H,13,14). The molecule has 2 rings (SSSR count). The highest BCUT2D eigenvalue weighted by Crippen LogP contribution is 2.38. The molecule has 0 aromatic heterocycles. The third kappa shape index (κ3) is 1.89. The molecule has 2 saturated carbocycles. The van der Waals surface area contributed by atoms with Gasteiger partial charge in [0.05, 0.1) is 11.8 Å². The molecule has 0 aromatic carbocycles. The van der Waals surface area contributed by atoms with Crippen LogP contribution in [0.4, 0.5) is 0 Å². The maximum Gasteiger partial charge on any atom is 0.307 e. The predicted octanol–water partition coefficient (Wildman–Crippen LogP) is 0.623. The minimum atomic E-state index is -0.839. The molecule has 1 amide bonds. The van der Waals surface area contributed by atoms with E-state index in [2.05, 4.69) is 5.32 Å². The molecule has 78 valence electrons. The highest BCUT2D eigenvalue weighted by molar-refractivity contribution is 5.89. The number of carboxylic acid groups (broad SMARTS) is 1. The highest BCUT2D eigenvalue weighted by atomic mass is 16.4. The summed E-state index contributed by atoms with van der Waals surface area (Å²) >= 11 is 0. The molecule has 2 atom stereocenters. The normalized spacial score (nSPS) is 30.6. The van der Waals surface area contributed by atoms with Gasteiger partial charge in [-0.15, -0.1) is 0 Å². The Labute approximate surface area is 82.7 Å². The van der Waals surface area contributed by atoms with Crippen LogP contribution >= 0.6 is 0 Å². The number of rotatable bonds is 4.